The average molecular weight is 348 g/mol. The third kappa shape index (κ3) is 3.95. The Morgan fingerprint density at radius 3 is 2.40 bits per heavy atom. The van der Waals surface area contributed by atoms with Crippen molar-refractivity contribution in [3.05, 3.63) is 29.8 Å². The molecule has 1 aliphatic heterocycles. The van der Waals surface area contributed by atoms with Crippen LogP contribution in [0.5, 0.6) is 5.75 Å². The van der Waals surface area contributed by atoms with E-state index in [-0.39, 0.29) is 19.1 Å². The van der Waals surface area contributed by atoms with Crippen LogP contribution >= 0.6 is 0 Å². The van der Waals surface area contributed by atoms with Gasteiger partial charge in [-0.2, -0.15) is 0 Å². The summed E-state index contributed by atoms with van der Waals surface area (Å²) in [5.41, 5.74) is 0.211. The van der Waals surface area contributed by atoms with Gasteiger partial charge in [0, 0.05) is 0 Å². The number of hydrogen-bond acceptors (Lipinski definition) is 4. The second-order valence-electron chi connectivity index (χ2n) is 6.79. The molecule has 25 heavy (non-hydrogen) atoms. The maximum absolute atomic E-state index is 12.5. The lowest BCUT2D eigenvalue weighted by Crippen LogP contribution is -2.46. The van der Waals surface area contributed by atoms with Gasteiger partial charge in [-0.3, -0.25) is 9.69 Å². The first kappa shape index (κ1) is 19.2. The number of aliphatic hydroxyl groups excluding tert-OH is 1. The highest BCUT2D eigenvalue weighted by molar-refractivity contribution is 6.07. The summed E-state index contributed by atoms with van der Waals surface area (Å²) in [5.74, 6) is 0.739. The minimum absolute atomic E-state index is 0.0199. The van der Waals surface area contributed by atoms with Crippen molar-refractivity contribution in [1.29, 1.82) is 0 Å². The fourth-order valence-electron chi connectivity index (χ4n) is 3.11. The predicted molar refractivity (Wildman–Crippen MR) is 95.6 cm³/mol. The molecule has 1 heterocycles. The van der Waals surface area contributed by atoms with E-state index in [0.717, 1.165) is 10.5 Å². The Morgan fingerprint density at radius 2 is 1.84 bits per heavy atom. The van der Waals surface area contributed by atoms with Crippen LogP contribution < -0.4 is 10.1 Å². The molecule has 6 nitrogen and oxygen atoms in total. The second-order valence-corrected chi connectivity index (χ2v) is 6.79. The number of aliphatic hydroxyl groups is 1. The van der Waals surface area contributed by atoms with E-state index >= 15 is 0 Å². The lowest BCUT2D eigenvalue weighted by molar-refractivity contribution is -0.132. The van der Waals surface area contributed by atoms with Gasteiger partial charge in [0.1, 0.15) is 24.0 Å². The van der Waals surface area contributed by atoms with Gasteiger partial charge in [-0.05, 0) is 30.4 Å². The fraction of sp³-hybridized carbons (Fsp3) is 0.579. The first-order valence-corrected chi connectivity index (χ1v) is 8.88. The maximum atomic E-state index is 12.5. The van der Waals surface area contributed by atoms with E-state index in [0.29, 0.717) is 24.5 Å². The molecule has 138 valence electrons. The fourth-order valence-corrected chi connectivity index (χ4v) is 3.11. The zero-order chi connectivity index (χ0) is 18.6. The van der Waals surface area contributed by atoms with E-state index in [1.807, 2.05) is 38.1 Å². The van der Waals surface area contributed by atoms with E-state index in [4.69, 9.17) is 4.74 Å². The Bertz CT molecular complexity index is 626. The van der Waals surface area contributed by atoms with Gasteiger partial charge in [-0.1, -0.05) is 45.9 Å². The van der Waals surface area contributed by atoms with Crippen LogP contribution in [0.3, 0.4) is 0 Å². The minimum atomic E-state index is -0.945. The molecule has 2 N–H and O–H groups in total. The Hall–Kier alpha value is -2.08. The lowest BCUT2D eigenvalue weighted by atomic mass is 9.93. The van der Waals surface area contributed by atoms with Gasteiger partial charge in [-0.25, -0.2) is 4.79 Å². The number of urea groups is 1. The van der Waals surface area contributed by atoms with E-state index in [1.165, 1.54) is 0 Å². The molecule has 0 aliphatic carbocycles. The molecular weight excluding hydrogens is 320 g/mol. The molecule has 1 atom stereocenters. The van der Waals surface area contributed by atoms with Crippen molar-refractivity contribution < 1.29 is 19.4 Å². The first-order chi connectivity index (χ1) is 11.8. The van der Waals surface area contributed by atoms with Crippen LogP contribution in [0.15, 0.2) is 24.3 Å². The lowest BCUT2D eigenvalue weighted by Gasteiger charge is -2.24. The second kappa shape index (κ2) is 7.87. The van der Waals surface area contributed by atoms with Crippen LogP contribution in [0, 0.1) is 0 Å². The number of carbonyl (C=O) groups excluding carboxylic acids is 2. The topological polar surface area (TPSA) is 78.9 Å². The number of hydrogen-bond donors (Lipinski definition) is 2. The quantitative estimate of drug-likeness (QED) is 0.708. The summed E-state index contributed by atoms with van der Waals surface area (Å²) in [7, 11) is 0. The zero-order valence-corrected chi connectivity index (χ0v) is 15.4. The van der Waals surface area contributed by atoms with Gasteiger partial charge in [0.05, 0.1) is 6.54 Å². The molecule has 1 saturated heterocycles. The van der Waals surface area contributed by atoms with Crippen molar-refractivity contribution in [2.24, 2.45) is 0 Å². The molecular formula is C19H28N2O4. The SMILES string of the molecule is CCC1(CC)NC(=O)N(C[C@H](O)COc2ccccc2C(C)C)C1=O. The van der Waals surface area contributed by atoms with Crippen LogP contribution in [0.1, 0.15) is 52.0 Å². The molecule has 2 rings (SSSR count). The molecule has 1 aromatic carbocycles. The van der Waals surface area contributed by atoms with Crippen LogP contribution in [-0.4, -0.2) is 46.7 Å². The van der Waals surface area contributed by atoms with Crippen molar-refractivity contribution >= 4 is 11.9 Å². The summed E-state index contributed by atoms with van der Waals surface area (Å²) >= 11 is 0. The summed E-state index contributed by atoms with van der Waals surface area (Å²) < 4.78 is 5.73. The molecule has 0 unspecified atom stereocenters. The van der Waals surface area contributed by atoms with E-state index in [2.05, 4.69) is 19.2 Å². The van der Waals surface area contributed by atoms with E-state index < -0.39 is 17.7 Å². The summed E-state index contributed by atoms with van der Waals surface area (Å²) in [4.78, 5) is 25.7. The van der Waals surface area contributed by atoms with Crippen LogP contribution in [0.4, 0.5) is 4.79 Å². The molecule has 3 amide bonds. The summed E-state index contributed by atoms with van der Waals surface area (Å²) in [6, 6.07) is 7.22. The number of para-hydroxylation sites is 1. The number of β-amino-alcohol motifs (C(OH)–C–C–N with tert-alkyl or cyclic N) is 1. The smallest absolute Gasteiger partial charge is 0.325 e. The molecule has 1 aromatic rings. The molecule has 6 heteroatoms. The number of benzene rings is 1. The summed E-state index contributed by atoms with van der Waals surface area (Å²) in [5, 5.41) is 13.0. The Balaban J connectivity index is 1.98. The molecule has 1 aliphatic rings. The monoisotopic (exact) mass is 348 g/mol. The predicted octanol–water partition coefficient (Wildman–Crippen LogP) is 2.66. The third-order valence-corrected chi connectivity index (χ3v) is 4.82. The Labute approximate surface area is 149 Å². The van der Waals surface area contributed by atoms with Crippen molar-refractivity contribution in [3.8, 4) is 5.75 Å². The Kier molecular flexibility index (Phi) is 6.06. The average Bonchev–Trinajstić information content (AvgIpc) is 2.84. The molecule has 0 aromatic heterocycles. The number of ether oxygens (including phenoxy) is 1. The number of nitrogens with one attached hydrogen (secondary N) is 1. The summed E-state index contributed by atoms with van der Waals surface area (Å²) in [6.45, 7) is 7.82. The van der Waals surface area contributed by atoms with Crippen LogP contribution in [0.25, 0.3) is 0 Å². The van der Waals surface area contributed by atoms with Crippen LogP contribution in [-0.2, 0) is 4.79 Å². The first-order valence-electron chi connectivity index (χ1n) is 8.88. The van der Waals surface area contributed by atoms with Crippen molar-refractivity contribution in [2.75, 3.05) is 13.2 Å². The molecule has 0 saturated carbocycles. The molecule has 0 bridgehead atoms. The van der Waals surface area contributed by atoms with Crippen molar-refractivity contribution in [3.63, 3.8) is 0 Å². The number of amides is 3. The van der Waals surface area contributed by atoms with Gasteiger partial charge >= 0.3 is 6.03 Å². The highest BCUT2D eigenvalue weighted by Crippen LogP contribution is 2.27. The van der Waals surface area contributed by atoms with Crippen molar-refractivity contribution in [1.82, 2.24) is 10.2 Å². The number of rotatable bonds is 8. The van der Waals surface area contributed by atoms with E-state index in [1.54, 1.807) is 0 Å². The molecule has 1 fully saturated rings. The highest BCUT2D eigenvalue weighted by atomic mass is 16.5. The van der Waals surface area contributed by atoms with Crippen molar-refractivity contribution in [2.45, 2.75) is 58.1 Å². The van der Waals surface area contributed by atoms with Gasteiger partial charge in [-0.15, -0.1) is 0 Å². The normalized spacial score (nSPS) is 17.8. The van der Waals surface area contributed by atoms with Gasteiger partial charge in [0.2, 0.25) is 0 Å². The minimum Gasteiger partial charge on any atom is -0.491 e. The van der Waals surface area contributed by atoms with Gasteiger partial charge in [0.15, 0.2) is 0 Å². The van der Waals surface area contributed by atoms with Gasteiger partial charge in [0.25, 0.3) is 5.91 Å². The number of imide groups is 1. The highest BCUT2D eigenvalue weighted by Gasteiger charge is 2.48. The molecule has 0 spiro atoms. The third-order valence-electron chi connectivity index (χ3n) is 4.82. The largest absolute Gasteiger partial charge is 0.491 e. The molecule has 0 radical (unpaired) electrons. The number of carbonyl (C=O) groups is 2. The summed E-state index contributed by atoms with van der Waals surface area (Å²) in [6.07, 6.45) is 0.108. The van der Waals surface area contributed by atoms with E-state index in [9.17, 15) is 14.7 Å². The zero-order valence-electron chi connectivity index (χ0n) is 15.4. The van der Waals surface area contributed by atoms with Crippen LogP contribution in [0.2, 0.25) is 0 Å². The van der Waals surface area contributed by atoms with Gasteiger partial charge < -0.3 is 15.2 Å². The Morgan fingerprint density at radius 1 is 1.20 bits per heavy atom. The standard InChI is InChI=1S/C19H28N2O4/c1-5-19(6-2)17(23)21(18(24)20-19)11-14(22)12-25-16-10-8-7-9-15(16)13(3)4/h7-10,13-14,22H,5-6,11-12H2,1-4H3,(H,20,24)/t14-/m0/s1. The maximum Gasteiger partial charge on any atom is 0.325 e. The number of nitrogens with zero attached hydrogens (tertiary/aromatic N) is 1.